The Labute approximate surface area is 205 Å². The first-order valence-electron chi connectivity index (χ1n) is 10.5. The number of halogens is 1. The van der Waals surface area contributed by atoms with Gasteiger partial charge in [-0.2, -0.15) is 0 Å². The van der Waals surface area contributed by atoms with Crippen molar-refractivity contribution in [2.75, 3.05) is 10.6 Å². The number of carboxylic acids is 1. The van der Waals surface area contributed by atoms with E-state index in [-0.39, 0.29) is 28.4 Å². The lowest BCUT2D eigenvalue weighted by molar-refractivity contribution is -0.255. The van der Waals surface area contributed by atoms with Crippen LogP contribution >= 0.6 is 11.6 Å². The fraction of sp³-hybridized carbons (Fsp3) is 0.0769. The van der Waals surface area contributed by atoms with Gasteiger partial charge in [0.15, 0.2) is 0 Å². The van der Waals surface area contributed by atoms with E-state index in [1.165, 1.54) is 30.3 Å². The molecule has 0 atom stereocenters. The number of carboxylic acid groups (broad SMARTS) is 1. The number of imide groups is 1. The summed E-state index contributed by atoms with van der Waals surface area (Å²) in [6.45, 7) is 1.86. The van der Waals surface area contributed by atoms with Gasteiger partial charge in [0.2, 0.25) is 0 Å². The van der Waals surface area contributed by atoms with Gasteiger partial charge < -0.3 is 20.5 Å². The topological polar surface area (TPSA) is 119 Å². The molecule has 1 heterocycles. The highest BCUT2D eigenvalue weighted by Crippen LogP contribution is 2.29. The Kier molecular flexibility index (Phi) is 6.66. The molecule has 8 nitrogen and oxygen atoms in total. The van der Waals surface area contributed by atoms with Gasteiger partial charge in [-0.15, -0.1) is 0 Å². The van der Waals surface area contributed by atoms with Crippen LogP contribution in [0.15, 0.2) is 83.5 Å². The van der Waals surface area contributed by atoms with Gasteiger partial charge in [0.05, 0.1) is 12.5 Å². The number of nitrogens with one attached hydrogen (secondary N) is 2. The molecule has 0 bridgehead atoms. The molecule has 0 saturated carbocycles. The molecule has 3 aromatic rings. The van der Waals surface area contributed by atoms with Crippen molar-refractivity contribution in [3.63, 3.8) is 0 Å². The Morgan fingerprint density at radius 2 is 1.57 bits per heavy atom. The summed E-state index contributed by atoms with van der Waals surface area (Å²) in [5.41, 5.74) is 2.53. The van der Waals surface area contributed by atoms with Crippen LogP contribution in [0.2, 0.25) is 0 Å². The van der Waals surface area contributed by atoms with E-state index >= 15 is 0 Å². The standard InChI is InChI=1S/C26H20ClN3O5/c1-15-7-8-18(23(31)28-19-11-9-17(10-12-19)26(34)35)13-20(15)29-22-21(27)24(32)30(25(22)33)14-16-5-3-2-4-6-16/h2-13,29H,14H2,1H3,(H,28,31)(H,34,35)/p-1. The largest absolute Gasteiger partial charge is 0.545 e. The van der Waals surface area contributed by atoms with Gasteiger partial charge in [0.25, 0.3) is 17.7 Å². The van der Waals surface area contributed by atoms with Crippen LogP contribution in [0, 0.1) is 6.92 Å². The van der Waals surface area contributed by atoms with E-state index in [1.807, 2.05) is 18.2 Å². The molecule has 0 aromatic heterocycles. The third-order valence-electron chi connectivity index (χ3n) is 5.43. The number of rotatable bonds is 7. The minimum atomic E-state index is -1.31. The van der Waals surface area contributed by atoms with E-state index in [1.54, 1.807) is 31.2 Å². The van der Waals surface area contributed by atoms with E-state index in [9.17, 15) is 24.3 Å². The molecule has 3 amide bonds. The molecule has 0 fully saturated rings. The lowest BCUT2D eigenvalue weighted by atomic mass is 10.1. The fourth-order valence-electron chi connectivity index (χ4n) is 3.49. The molecule has 35 heavy (non-hydrogen) atoms. The van der Waals surface area contributed by atoms with Gasteiger partial charge in [-0.25, -0.2) is 0 Å². The average Bonchev–Trinajstić information content (AvgIpc) is 3.04. The van der Waals surface area contributed by atoms with Crippen LogP contribution in [0.25, 0.3) is 0 Å². The lowest BCUT2D eigenvalue weighted by Gasteiger charge is -2.16. The average molecular weight is 489 g/mol. The smallest absolute Gasteiger partial charge is 0.279 e. The van der Waals surface area contributed by atoms with Gasteiger partial charge in [-0.3, -0.25) is 19.3 Å². The summed E-state index contributed by atoms with van der Waals surface area (Å²) in [4.78, 5) is 50.2. The van der Waals surface area contributed by atoms with Gasteiger partial charge in [0.1, 0.15) is 10.7 Å². The highest BCUT2D eigenvalue weighted by Gasteiger charge is 2.38. The Morgan fingerprint density at radius 1 is 0.914 bits per heavy atom. The van der Waals surface area contributed by atoms with E-state index < -0.39 is 23.7 Å². The molecule has 0 radical (unpaired) electrons. The van der Waals surface area contributed by atoms with Crippen LogP contribution in [0.4, 0.5) is 11.4 Å². The minimum Gasteiger partial charge on any atom is -0.545 e. The predicted molar refractivity (Wildman–Crippen MR) is 128 cm³/mol. The number of amides is 3. The highest BCUT2D eigenvalue weighted by molar-refractivity contribution is 6.48. The monoisotopic (exact) mass is 488 g/mol. The summed E-state index contributed by atoms with van der Waals surface area (Å²) in [6.07, 6.45) is 0. The Bertz CT molecular complexity index is 1370. The molecule has 0 spiro atoms. The van der Waals surface area contributed by atoms with Crippen LogP contribution in [-0.4, -0.2) is 28.6 Å². The van der Waals surface area contributed by atoms with Crippen LogP contribution in [0.5, 0.6) is 0 Å². The number of carbonyl (C=O) groups excluding carboxylic acids is 4. The van der Waals surface area contributed by atoms with E-state index in [2.05, 4.69) is 10.6 Å². The summed E-state index contributed by atoms with van der Waals surface area (Å²) in [6, 6.07) is 19.4. The maximum Gasteiger partial charge on any atom is 0.279 e. The molecule has 9 heteroatoms. The minimum absolute atomic E-state index is 0.00735. The Morgan fingerprint density at radius 3 is 2.23 bits per heavy atom. The zero-order valence-electron chi connectivity index (χ0n) is 18.5. The number of carbonyl (C=O) groups is 4. The summed E-state index contributed by atoms with van der Waals surface area (Å²) in [5, 5.41) is 16.2. The summed E-state index contributed by atoms with van der Waals surface area (Å²) in [7, 11) is 0. The normalized spacial score (nSPS) is 13.3. The second-order valence-electron chi connectivity index (χ2n) is 7.84. The SMILES string of the molecule is Cc1ccc(C(=O)Nc2ccc(C(=O)[O-])cc2)cc1NC1=C(Cl)C(=O)N(Cc2ccccc2)C1=O. The molecule has 4 rings (SSSR count). The van der Waals surface area contributed by atoms with Crippen molar-refractivity contribution in [1.82, 2.24) is 4.90 Å². The molecule has 1 aliphatic heterocycles. The first kappa shape index (κ1) is 23.7. The van der Waals surface area contributed by atoms with Gasteiger partial charge in [0, 0.05) is 16.9 Å². The highest BCUT2D eigenvalue weighted by atomic mass is 35.5. The molecule has 0 unspecified atom stereocenters. The molecule has 0 saturated heterocycles. The maximum atomic E-state index is 13.0. The Hall–Kier alpha value is -4.43. The zero-order chi connectivity index (χ0) is 25.1. The molecule has 1 aliphatic rings. The van der Waals surface area contributed by atoms with Crippen LogP contribution in [0.1, 0.15) is 31.8 Å². The molecular weight excluding hydrogens is 470 g/mol. The van der Waals surface area contributed by atoms with Crippen molar-refractivity contribution in [2.45, 2.75) is 13.5 Å². The molecule has 0 aliphatic carbocycles. The van der Waals surface area contributed by atoms with Crippen molar-refractivity contribution in [3.8, 4) is 0 Å². The first-order valence-corrected chi connectivity index (χ1v) is 10.9. The van der Waals surface area contributed by atoms with Crippen molar-refractivity contribution >= 4 is 46.7 Å². The molecule has 3 aromatic carbocycles. The van der Waals surface area contributed by atoms with Crippen molar-refractivity contribution in [2.24, 2.45) is 0 Å². The molecule has 176 valence electrons. The number of nitrogens with zero attached hydrogens (tertiary/aromatic N) is 1. The number of anilines is 2. The van der Waals surface area contributed by atoms with E-state index in [0.29, 0.717) is 11.4 Å². The second-order valence-corrected chi connectivity index (χ2v) is 8.22. The third-order valence-corrected chi connectivity index (χ3v) is 5.78. The van der Waals surface area contributed by atoms with Gasteiger partial charge >= 0.3 is 0 Å². The summed E-state index contributed by atoms with van der Waals surface area (Å²) >= 11 is 6.21. The van der Waals surface area contributed by atoms with Crippen molar-refractivity contribution in [1.29, 1.82) is 0 Å². The third kappa shape index (κ3) is 5.07. The second kappa shape index (κ2) is 9.82. The van der Waals surface area contributed by atoms with Gasteiger partial charge in [-0.05, 0) is 47.9 Å². The van der Waals surface area contributed by atoms with Gasteiger partial charge in [-0.1, -0.05) is 60.1 Å². The van der Waals surface area contributed by atoms with Crippen molar-refractivity contribution < 1.29 is 24.3 Å². The fourth-order valence-corrected chi connectivity index (χ4v) is 3.72. The lowest BCUT2D eigenvalue weighted by Crippen LogP contribution is -2.31. The number of aromatic carboxylic acids is 1. The van der Waals surface area contributed by atoms with E-state index in [4.69, 9.17) is 11.6 Å². The van der Waals surface area contributed by atoms with Crippen LogP contribution in [0.3, 0.4) is 0 Å². The quantitative estimate of drug-likeness (QED) is 0.493. The number of aryl methyl sites for hydroxylation is 1. The summed E-state index contributed by atoms with van der Waals surface area (Å²) < 4.78 is 0. The number of hydrogen-bond acceptors (Lipinski definition) is 6. The zero-order valence-corrected chi connectivity index (χ0v) is 19.3. The van der Waals surface area contributed by atoms with Crippen molar-refractivity contribution in [3.05, 3.63) is 106 Å². The molecule has 2 N–H and O–H groups in total. The summed E-state index contributed by atoms with van der Waals surface area (Å²) in [5.74, 6) is -2.93. The molecular formula is C26H19ClN3O5-. The van der Waals surface area contributed by atoms with Crippen LogP contribution in [-0.2, 0) is 16.1 Å². The first-order chi connectivity index (χ1) is 16.7. The maximum absolute atomic E-state index is 13.0. The number of hydrogen-bond donors (Lipinski definition) is 2. The predicted octanol–water partition coefficient (Wildman–Crippen LogP) is 3.04. The van der Waals surface area contributed by atoms with E-state index in [0.717, 1.165) is 16.0 Å². The van der Waals surface area contributed by atoms with Crippen LogP contribution < -0.4 is 15.7 Å². The number of benzene rings is 3. The Balaban J connectivity index is 1.51.